The number of benzene rings is 1. The molecule has 0 saturated carbocycles. The Kier molecular flexibility index (Phi) is 0.668. The first-order valence-corrected chi connectivity index (χ1v) is 4.21. The molecule has 0 bridgehead atoms. The average Bonchev–Trinajstić information content (AvgIpc) is 2.41. The zero-order chi connectivity index (χ0) is 24.4. The lowest BCUT2D eigenvalue weighted by Crippen LogP contribution is -2.16. The highest BCUT2D eigenvalue weighted by Crippen LogP contribution is 2.34. The molecular weight excluding hydrogens is 184 g/mol. The van der Waals surface area contributed by atoms with E-state index in [-0.39, 0.29) is 0 Å². The van der Waals surface area contributed by atoms with Crippen LogP contribution in [0.25, 0.3) is 0 Å². The molecule has 1 rings (SSSR count). The number of hydrogen-bond acceptors (Lipinski definition) is 1. The summed E-state index contributed by atoms with van der Waals surface area (Å²) in [6.07, 6.45) is 0. The highest BCUT2D eigenvalue weighted by atomic mass is 16.3. The Balaban J connectivity index is 4.20. The molecule has 1 heteroatoms. The molecule has 0 aliphatic heterocycles. The van der Waals surface area contributed by atoms with Gasteiger partial charge in [-0.2, -0.15) is 0 Å². The summed E-state index contributed by atoms with van der Waals surface area (Å²) in [5, 5.41) is 10.2. The van der Waals surface area contributed by atoms with Gasteiger partial charge in [-0.3, -0.25) is 0 Å². The Morgan fingerprint density at radius 3 is 2.20 bits per heavy atom. The maximum Gasteiger partial charge on any atom is 0.119 e. The van der Waals surface area contributed by atoms with Crippen LogP contribution in [0.5, 0.6) is 5.75 Å². The van der Waals surface area contributed by atoms with Crippen molar-refractivity contribution < 1.29 is 25.7 Å². The fourth-order valence-electron chi connectivity index (χ4n) is 1.17. The molecule has 0 aliphatic rings. The Morgan fingerprint density at radius 1 is 1.07 bits per heavy atom. The lowest BCUT2D eigenvalue weighted by Gasteiger charge is -2.25. The van der Waals surface area contributed by atoms with E-state index in [0.29, 0.717) is 12.1 Å². The smallest absolute Gasteiger partial charge is 0.119 e. The molecule has 0 fully saturated rings. The lowest BCUT2D eigenvalue weighted by molar-refractivity contribution is 0.444. The summed E-state index contributed by atoms with van der Waals surface area (Å²) in [4.78, 5) is 0. The zero-order valence-corrected chi connectivity index (χ0v) is 8.18. The lowest BCUT2D eigenvalue weighted by atomic mass is 9.80. The first-order valence-electron chi connectivity index (χ1n) is 11.7. The van der Waals surface area contributed by atoms with E-state index in [1.165, 1.54) is 0 Å². The molecule has 0 amide bonds. The van der Waals surface area contributed by atoms with E-state index in [2.05, 4.69) is 0 Å². The molecule has 1 aromatic carbocycles. The van der Waals surface area contributed by atoms with Crippen molar-refractivity contribution in [2.24, 2.45) is 0 Å². The van der Waals surface area contributed by atoms with Gasteiger partial charge in [-0.1, -0.05) is 53.3 Å². The van der Waals surface area contributed by atoms with Crippen LogP contribution in [-0.4, -0.2) is 5.11 Å². The fourth-order valence-corrected chi connectivity index (χ4v) is 1.17. The van der Waals surface area contributed by atoms with Crippen molar-refractivity contribution in [2.75, 3.05) is 0 Å². The third-order valence-corrected chi connectivity index (χ3v) is 1.97. The van der Waals surface area contributed by atoms with Gasteiger partial charge in [0.15, 0.2) is 0 Å². The van der Waals surface area contributed by atoms with Crippen molar-refractivity contribution in [3.63, 3.8) is 0 Å². The van der Waals surface area contributed by atoms with Gasteiger partial charge in [-0.15, -0.1) is 0 Å². The molecule has 0 atom stereocenters. The van der Waals surface area contributed by atoms with Crippen molar-refractivity contribution >= 4 is 0 Å². The van der Waals surface area contributed by atoms with Crippen LogP contribution in [0.3, 0.4) is 0 Å². The van der Waals surface area contributed by atoms with E-state index in [1.54, 1.807) is 0 Å². The Bertz CT molecular complexity index is 725. The summed E-state index contributed by atoms with van der Waals surface area (Å²) in [5.74, 6) is -0.857. The highest BCUT2D eigenvalue weighted by molar-refractivity contribution is 5.42. The quantitative estimate of drug-likeness (QED) is 0.702. The Labute approximate surface area is 114 Å². The summed E-state index contributed by atoms with van der Waals surface area (Å²) in [5.41, 5.74) is -7.89. The minimum absolute atomic E-state index is 0.555. The number of phenolic OH excluding ortho intramolecular Hbond substituents is 1. The number of hydrogen-bond donors (Lipinski definition) is 1. The molecule has 1 aromatic rings. The zero-order valence-electron chi connectivity index (χ0n) is 23.2. The van der Waals surface area contributed by atoms with Crippen LogP contribution in [0.15, 0.2) is 18.2 Å². The SMILES string of the molecule is [2H]C([2H])([2H])C(C)(c1cc(C(C([2H])([2H])[2H])(C([2H])([2H])[2H])C([2H])([2H])[2H])ccc1O)C([2H])([2H])[2H]. The van der Waals surface area contributed by atoms with Crippen LogP contribution in [0.2, 0.25) is 0 Å². The van der Waals surface area contributed by atoms with Crippen LogP contribution >= 0.6 is 0 Å². The fraction of sp³-hybridized carbons (Fsp3) is 0.571. The molecule has 0 radical (unpaired) electrons. The standard InChI is InChI=1S/C14H22O/c1-13(2,3)10-7-8-12(15)11(9-10)14(4,5)6/h7-9,15H,1-6H3/i1D3,2D3,3D3,4D3,5D3. The van der Waals surface area contributed by atoms with Gasteiger partial charge in [-0.25, -0.2) is 0 Å². The number of rotatable bonds is 0. The molecule has 0 heterocycles. The largest absolute Gasteiger partial charge is 0.508 e. The molecular formula is C14H22O. The molecule has 0 aliphatic carbocycles. The highest BCUT2D eigenvalue weighted by Gasteiger charge is 2.21. The molecule has 0 aromatic heterocycles. The second-order valence-corrected chi connectivity index (χ2v) is 3.61. The summed E-state index contributed by atoms with van der Waals surface area (Å²) < 4.78 is 116. The second-order valence-electron chi connectivity index (χ2n) is 3.61. The van der Waals surface area contributed by atoms with Gasteiger partial charge in [0, 0.05) is 20.6 Å². The van der Waals surface area contributed by atoms with Crippen LogP contribution in [0.4, 0.5) is 0 Å². The molecule has 1 nitrogen and oxygen atoms in total. The summed E-state index contributed by atoms with van der Waals surface area (Å²) in [6, 6.07) is 2.00. The van der Waals surface area contributed by atoms with Gasteiger partial charge < -0.3 is 5.11 Å². The van der Waals surface area contributed by atoms with Gasteiger partial charge >= 0.3 is 0 Å². The van der Waals surface area contributed by atoms with Crippen molar-refractivity contribution in [1.82, 2.24) is 0 Å². The topological polar surface area (TPSA) is 20.2 Å². The first-order chi connectivity index (χ1) is 12.9. The second kappa shape index (κ2) is 3.55. The molecule has 0 unspecified atom stereocenters. The minimum Gasteiger partial charge on any atom is -0.508 e. The normalized spacial score (nSPS) is 31.9. The van der Waals surface area contributed by atoms with Gasteiger partial charge in [-0.05, 0) is 28.0 Å². The molecule has 84 valence electrons. The van der Waals surface area contributed by atoms with E-state index >= 15 is 0 Å². The summed E-state index contributed by atoms with van der Waals surface area (Å²) in [6.45, 7) is -16.6. The monoisotopic (exact) mass is 221 g/mol. The third-order valence-electron chi connectivity index (χ3n) is 1.97. The molecule has 15 heavy (non-hydrogen) atoms. The van der Waals surface area contributed by atoms with Crippen LogP contribution < -0.4 is 0 Å². The van der Waals surface area contributed by atoms with Gasteiger partial charge in [0.2, 0.25) is 0 Å². The van der Waals surface area contributed by atoms with E-state index < -0.39 is 62.0 Å². The van der Waals surface area contributed by atoms with E-state index in [4.69, 9.17) is 20.6 Å². The van der Waals surface area contributed by atoms with Gasteiger partial charge in [0.25, 0.3) is 0 Å². The first kappa shape index (κ1) is 2.82. The van der Waals surface area contributed by atoms with E-state index in [9.17, 15) is 5.11 Å². The molecule has 1 N–H and O–H groups in total. The van der Waals surface area contributed by atoms with Crippen molar-refractivity contribution in [1.29, 1.82) is 0 Å². The minimum atomic E-state index is -3.63. The summed E-state index contributed by atoms with van der Waals surface area (Å²) >= 11 is 0. The third kappa shape index (κ3) is 2.74. The Hall–Kier alpha value is -0.980. The number of aromatic hydroxyl groups is 1. The van der Waals surface area contributed by atoms with Crippen molar-refractivity contribution in [3.8, 4) is 5.75 Å². The van der Waals surface area contributed by atoms with Crippen LogP contribution in [0.1, 0.15) is 72.9 Å². The maximum atomic E-state index is 10.2. The predicted octanol–water partition coefficient (Wildman–Crippen LogP) is 3.99. The van der Waals surface area contributed by atoms with Gasteiger partial charge in [0.05, 0.1) is 0 Å². The van der Waals surface area contributed by atoms with Crippen LogP contribution in [-0.2, 0) is 10.8 Å². The Morgan fingerprint density at radius 2 is 1.67 bits per heavy atom. The van der Waals surface area contributed by atoms with Crippen LogP contribution in [0, 0.1) is 0 Å². The summed E-state index contributed by atoms with van der Waals surface area (Å²) in [7, 11) is 0. The van der Waals surface area contributed by atoms with Crippen molar-refractivity contribution in [2.45, 2.75) is 52.0 Å². The predicted molar refractivity (Wildman–Crippen MR) is 65.5 cm³/mol. The van der Waals surface area contributed by atoms with E-state index in [1.807, 2.05) is 0 Å². The average molecular weight is 221 g/mol. The molecule has 0 saturated heterocycles. The molecule has 0 spiro atoms. The van der Waals surface area contributed by atoms with E-state index in [0.717, 1.165) is 13.0 Å². The van der Waals surface area contributed by atoms with Gasteiger partial charge in [0.1, 0.15) is 5.75 Å². The maximum absolute atomic E-state index is 10.2. The van der Waals surface area contributed by atoms with Crippen molar-refractivity contribution in [3.05, 3.63) is 29.3 Å². The number of phenols is 1.